The molecule has 0 radical (unpaired) electrons. The second-order valence-electron chi connectivity index (χ2n) is 9.12. The van der Waals surface area contributed by atoms with Gasteiger partial charge in [0.25, 0.3) is 5.91 Å². The number of benzene rings is 3. The van der Waals surface area contributed by atoms with E-state index in [0.717, 1.165) is 23.1 Å². The van der Waals surface area contributed by atoms with Crippen LogP contribution >= 0.6 is 0 Å². The van der Waals surface area contributed by atoms with E-state index in [1.807, 2.05) is 42.5 Å². The molecular weight excluding hydrogens is 544 g/mol. The molecule has 0 aliphatic heterocycles. The first-order valence-electron chi connectivity index (χ1n) is 12.8. The third kappa shape index (κ3) is 8.39. The zero-order valence-electron chi connectivity index (χ0n) is 22.6. The largest absolute Gasteiger partial charge is 0.492 e. The van der Waals surface area contributed by atoms with Gasteiger partial charge in [-0.25, -0.2) is 13.2 Å². The van der Waals surface area contributed by atoms with Crippen molar-refractivity contribution in [1.29, 1.82) is 0 Å². The number of esters is 1. The van der Waals surface area contributed by atoms with Gasteiger partial charge in [-0.1, -0.05) is 30.3 Å². The van der Waals surface area contributed by atoms with Gasteiger partial charge in [0.2, 0.25) is 0 Å². The van der Waals surface area contributed by atoms with Crippen LogP contribution in [0.25, 0.3) is 11.3 Å². The van der Waals surface area contributed by atoms with E-state index in [-0.39, 0.29) is 23.8 Å². The number of sulfone groups is 1. The highest BCUT2D eigenvalue weighted by Gasteiger charge is 2.22. The fourth-order valence-electron chi connectivity index (χ4n) is 3.93. The fraction of sp³-hybridized carbons (Fsp3) is 0.194. The zero-order chi connectivity index (χ0) is 29.2. The smallest absolute Gasteiger partial charge is 0.347 e. The average molecular weight is 575 g/mol. The van der Waals surface area contributed by atoms with Crippen molar-refractivity contribution in [2.45, 2.75) is 17.4 Å². The summed E-state index contributed by atoms with van der Waals surface area (Å²) in [6, 6.07) is 25.9. The Bertz CT molecular complexity index is 1560. The number of aromatic nitrogens is 1. The molecule has 0 aliphatic rings. The van der Waals surface area contributed by atoms with Gasteiger partial charge >= 0.3 is 5.97 Å². The number of hydrogen-bond acceptors (Lipinski definition) is 8. The predicted octanol–water partition coefficient (Wildman–Crippen LogP) is 4.12. The minimum atomic E-state index is -3.34. The molecule has 1 aromatic heterocycles. The lowest BCUT2D eigenvalue weighted by atomic mass is 10.1. The Labute approximate surface area is 239 Å². The first-order chi connectivity index (χ1) is 19.7. The van der Waals surface area contributed by atoms with Crippen LogP contribution < -0.4 is 14.8 Å². The number of hydrogen-bond donors (Lipinski definition) is 1. The van der Waals surface area contributed by atoms with Gasteiger partial charge in [0, 0.05) is 30.0 Å². The van der Waals surface area contributed by atoms with Gasteiger partial charge in [-0.3, -0.25) is 9.78 Å². The molecule has 4 rings (SSSR count). The summed E-state index contributed by atoms with van der Waals surface area (Å²) in [7, 11) is -2.06. The van der Waals surface area contributed by atoms with Crippen LogP contribution in [0.3, 0.4) is 0 Å². The molecule has 0 saturated carbocycles. The van der Waals surface area contributed by atoms with Crippen LogP contribution in [-0.4, -0.2) is 57.9 Å². The quantitative estimate of drug-likeness (QED) is 0.198. The molecule has 1 atom stereocenters. The molecule has 212 valence electrons. The summed E-state index contributed by atoms with van der Waals surface area (Å²) in [4.78, 5) is 29.3. The average Bonchev–Trinajstić information content (AvgIpc) is 2.99. The summed E-state index contributed by atoms with van der Waals surface area (Å²) < 4.78 is 39.7. The molecule has 9 nitrogen and oxygen atoms in total. The van der Waals surface area contributed by atoms with Gasteiger partial charge in [0.05, 0.1) is 24.2 Å². The zero-order valence-corrected chi connectivity index (χ0v) is 23.5. The predicted molar refractivity (Wildman–Crippen MR) is 154 cm³/mol. The van der Waals surface area contributed by atoms with Crippen molar-refractivity contribution in [2.24, 2.45) is 0 Å². The number of carbonyl (C=O) groups excluding carboxylic acids is 2. The molecular formula is C31H30N2O7S. The number of methoxy groups -OCH3 is 1. The number of amides is 1. The summed E-state index contributed by atoms with van der Waals surface area (Å²) in [5, 5.41) is 2.84. The van der Waals surface area contributed by atoms with Crippen LogP contribution in [0.4, 0.5) is 0 Å². The van der Waals surface area contributed by atoms with Crippen LogP contribution in [-0.2, 0) is 25.8 Å². The molecule has 1 unspecified atom stereocenters. The molecule has 0 spiro atoms. The van der Waals surface area contributed by atoms with E-state index in [4.69, 9.17) is 14.2 Å². The Kier molecular flexibility index (Phi) is 9.70. The van der Waals surface area contributed by atoms with Crippen LogP contribution in [0.2, 0.25) is 0 Å². The minimum absolute atomic E-state index is 0.157. The van der Waals surface area contributed by atoms with Crippen molar-refractivity contribution >= 4 is 21.7 Å². The van der Waals surface area contributed by atoms with E-state index in [0.29, 0.717) is 23.6 Å². The molecule has 1 heterocycles. The second kappa shape index (κ2) is 13.6. The molecule has 10 heteroatoms. The standard InChI is InChI=1S/C31H30N2O7S/c1-38-31(35)29(40-26-14-16-27(17-15-26)41(2,36)37)21-22-6-12-25(13-7-22)39-20-19-33-30(34)24-10-8-23(9-11-24)28-5-3-4-18-32-28/h3-18,29H,19-21H2,1-2H3,(H,33,34). The number of ether oxygens (including phenoxy) is 3. The number of pyridine rings is 1. The molecule has 0 fully saturated rings. The number of carbonyl (C=O) groups is 2. The van der Waals surface area contributed by atoms with Gasteiger partial charge in [0.1, 0.15) is 18.1 Å². The first-order valence-corrected chi connectivity index (χ1v) is 14.7. The van der Waals surface area contributed by atoms with Crippen LogP contribution in [0.15, 0.2) is 102 Å². The van der Waals surface area contributed by atoms with Crippen molar-refractivity contribution in [2.75, 3.05) is 26.5 Å². The van der Waals surface area contributed by atoms with Crippen LogP contribution in [0.1, 0.15) is 15.9 Å². The summed E-state index contributed by atoms with van der Waals surface area (Å²) >= 11 is 0. The third-order valence-electron chi connectivity index (χ3n) is 6.10. The highest BCUT2D eigenvalue weighted by Crippen LogP contribution is 2.20. The lowest BCUT2D eigenvalue weighted by molar-refractivity contribution is -0.148. The maximum Gasteiger partial charge on any atom is 0.347 e. The van der Waals surface area contributed by atoms with Gasteiger partial charge < -0.3 is 19.5 Å². The molecule has 1 amide bonds. The molecule has 3 aromatic carbocycles. The summed E-state index contributed by atoms with van der Waals surface area (Å²) in [6.45, 7) is 0.591. The Morgan fingerprint density at radius 3 is 2.17 bits per heavy atom. The van der Waals surface area contributed by atoms with Gasteiger partial charge in [-0.2, -0.15) is 0 Å². The molecule has 0 aliphatic carbocycles. The van der Waals surface area contributed by atoms with Crippen molar-refractivity contribution in [3.63, 3.8) is 0 Å². The topological polar surface area (TPSA) is 121 Å². The maximum atomic E-state index is 12.5. The molecule has 41 heavy (non-hydrogen) atoms. The summed E-state index contributed by atoms with van der Waals surface area (Å²) in [5.41, 5.74) is 3.13. The molecule has 4 aromatic rings. The SMILES string of the molecule is COC(=O)C(Cc1ccc(OCCNC(=O)c2ccc(-c3ccccn3)cc2)cc1)Oc1ccc(S(C)(=O)=O)cc1. The van der Waals surface area contributed by atoms with Crippen molar-refractivity contribution < 1.29 is 32.2 Å². The van der Waals surface area contributed by atoms with E-state index >= 15 is 0 Å². The maximum absolute atomic E-state index is 12.5. The van der Waals surface area contributed by atoms with Gasteiger partial charge in [-0.05, 0) is 66.2 Å². The first kappa shape index (κ1) is 29.3. The Morgan fingerprint density at radius 2 is 1.56 bits per heavy atom. The van der Waals surface area contributed by atoms with E-state index in [9.17, 15) is 18.0 Å². The van der Waals surface area contributed by atoms with E-state index in [1.54, 1.807) is 30.5 Å². The van der Waals surface area contributed by atoms with Gasteiger partial charge in [-0.15, -0.1) is 0 Å². The normalized spacial score (nSPS) is 11.8. The lowest BCUT2D eigenvalue weighted by Gasteiger charge is -2.17. The van der Waals surface area contributed by atoms with Crippen molar-refractivity contribution in [3.8, 4) is 22.8 Å². The second-order valence-corrected chi connectivity index (χ2v) is 11.1. The lowest BCUT2D eigenvalue weighted by Crippen LogP contribution is -2.30. The molecule has 0 bridgehead atoms. The van der Waals surface area contributed by atoms with E-state index in [1.165, 1.54) is 31.4 Å². The number of nitrogens with zero attached hydrogens (tertiary/aromatic N) is 1. The molecule has 1 N–H and O–H groups in total. The number of rotatable bonds is 12. The summed E-state index contributed by atoms with van der Waals surface area (Å²) in [5.74, 6) is 0.199. The third-order valence-corrected chi connectivity index (χ3v) is 7.23. The van der Waals surface area contributed by atoms with Gasteiger partial charge in [0.15, 0.2) is 15.9 Å². The van der Waals surface area contributed by atoms with E-state index < -0.39 is 21.9 Å². The van der Waals surface area contributed by atoms with Crippen LogP contribution in [0.5, 0.6) is 11.5 Å². The molecule has 0 saturated heterocycles. The Morgan fingerprint density at radius 1 is 0.878 bits per heavy atom. The van der Waals surface area contributed by atoms with Crippen molar-refractivity contribution in [3.05, 3.63) is 108 Å². The van der Waals surface area contributed by atoms with E-state index in [2.05, 4.69) is 10.3 Å². The number of nitrogens with one attached hydrogen (secondary N) is 1. The highest BCUT2D eigenvalue weighted by atomic mass is 32.2. The monoisotopic (exact) mass is 574 g/mol. The highest BCUT2D eigenvalue weighted by molar-refractivity contribution is 7.90. The fourth-order valence-corrected chi connectivity index (χ4v) is 4.56. The Hall–Kier alpha value is -4.70. The Balaban J connectivity index is 1.25. The van der Waals surface area contributed by atoms with Crippen LogP contribution in [0, 0.1) is 0 Å². The summed E-state index contributed by atoms with van der Waals surface area (Å²) in [6.07, 6.45) is 2.15. The minimum Gasteiger partial charge on any atom is -0.492 e. The van der Waals surface area contributed by atoms with Crippen molar-refractivity contribution in [1.82, 2.24) is 10.3 Å².